The second kappa shape index (κ2) is 8.71. The van der Waals surface area contributed by atoms with Crippen molar-refractivity contribution in [2.24, 2.45) is 0 Å². The molecule has 0 atom stereocenters. The van der Waals surface area contributed by atoms with Crippen molar-refractivity contribution in [3.8, 4) is 11.5 Å². The van der Waals surface area contributed by atoms with Gasteiger partial charge in [-0.15, -0.1) is 0 Å². The molecule has 2 rings (SSSR count). The predicted octanol–water partition coefficient (Wildman–Crippen LogP) is 2.40. The number of likely N-dealkylation sites (N-methyl/N-ethyl adjacent to an activating group) is 2. The van der Waals surface area contributed by atoms with E-state index >= 15 is 0 Å². The second-order valence-corrected chi connectivity index (χ2v) is 5.74. The lowest BCUT2D eigenvalue weighted by Gasteiger charge is -2.25. The van der Waals surface area contributed by atoms with Gasteiger partial charge in [-0.3, -0.25) is 0 Å². The Morgan fingerprint density at radius 2 is 1.56 bits per heavy atom. The number of benzene rings is 1. The average molecular weight is 347 g/mol. The number of nitrogens with two attached hydrogens (primary N) is 1. The number of fused-ring (bicyclic) bond motifs is 1. The normalized spacial score (nSPS) is 11.1. The summed E-state index contributed by atoms with van der Waals surface area (Å²) in [7, 11) is 3.21. The minimum Gasteiger partial charge on any atom is -0.493 e. The van der Waals surface area contributed by atoms with Gasteiger partial charge in [-0.2, -0.15) is 4.98 Å². The fourth-order valence-electron chi connectivity index (χ4n) is 2.81. The van der Waals surface area contributed by atoms with E-state index in [1.807, 2.05) is 12.1 Å². The largest absolute Gasteiger partial charge is 0.493 e. The number of methoxy groups -OCH3 is 2. The molecule has 2 N–H and O–H groups in total. The van der Waals surface area contributed by atoms with E-state index in [1.54, 1.807) is 14.2 Å². The summed E-state index contributed by atoms with van der Waals surface area (Å²) in [6.07, 6.45) is 0. The Bertz CT molecular complexity index is 703. The van der Waals surface area contributed by atoms with Gasteiger partial charge in [0, 0.05) is 31.1 Å². The van der Waals surface area contributed by atoms with Gasteiger partial charge in [0.1, 0.15) is 5.82 Å². The Morgan fingerprint density at radius 3 is 2.12 bits per heavy atom. The molecule has 7 nitrogen and oxygen atoms in total. The molecule has 0 unspecified atom stereocenters. The van der Waals surface area contributed by atoms with Crippen LogP contribution in [0.15, 0.2) is 12.1 Å². The molecule has 0 aliphatic heterocycles. The van der Waals surface area contributed by atoms with E-state index in [4.69, 9.17) is 20.2 Å². The molecule has 0 saturated carbocycles. The van der Waals surface area contributed by atoms with Crippen LogP contribution in [0.3, 0.4) is 0 Å². The highest BCUT2D eigenvalue weighted by atomic mass is 16.5. The number of ether oxygens (including phenoxy) is 2. The Morgan fingerprint density at radius 1 is 0.920 bits per heavy atom. The van der Waals surface area contributed by atoms with Crippen molar-refractivity contribution < 1.29 is 9.47 Å². The quantitative estimate of drug-likeness (QED) is 0.746. The molecule has 138 valence electrons. The highest BCUT2D eigenvalue weighted by Crippen LogP contribution is 2.34. The van der Waals surface area contributed by atoms with E-state index in [1.165, 1.54) is 0 Å². The van der Waals surface area contributed by atoms with Crippen LogP contribution in [0.1, 0.15) is 20.8 Å². The van der Waals surface area contributed by atoms with Gasteiger partial charge in [0.25, 0.3) is 0 Å². The molecule has 1 heterocycles. The number of nitrogens with zero attached hydrogens (tertiary/aromatic N) is 4. The lowest BCUT2D eigenvalue weighted by Crippen LogP contribution is -2.36. The van der Waals surface area contributed by atoms with Crippen LogP contribution in [0.2, 0.25) is 0 Å². The fourth-order valence-corrected chi connectivity index (χ4v) is 2.81. The van der Waals surface area contributed by atoms with Gasteiger partial charge in [-0.05, 0) is 26.1 Å². The first-order valence-electron chi connectivity index (χ1n) is 8.74. The van der Waals surface area contributed by atoms with Gasteiger partial charge >= 0.3 is 0 Å². The number of rotatable bonds is 9. The molecule has 0 saturated heterocycles. The van der Waals surface area contributed by atoms with Crippen molar-refractivity contribution in [3.05, 3.63) is 12.1 Å². The SMILES string of the molecule is CCN(CC)CCN(CC)c1nc(N)c2cc(OC)c(OC)cc2n1. The number of aromatic nitrogens is 2. The summed E-state index contributed by atoms with van der Waals surface area (Å²) in [6.45, 7) is 11.1. The van der Waals surface area contributed by atoms with Crippen LogP contribution in [0.5, 0.6) is 11.5 Å². The van der Waals surface area contributed by atoms with Crippen molar-refractivity contribution in [3.63, 3.8) is 0 Å². The summed E-state index contributed by atoms with van der Waals surface area (Å²) < 4.78 is 10.7. The van der Waals surface area contributed by atoms with Crippen molar-refractivity contribution in [2.75, 3.05) is 57.6 Å². The van der Waals surface area contributed by atoms with Gasteiger partial charge in [0.15, 0.2) is 11.5 Å². The summed E-state index contributed by atoms with van der Waals surface area (Å²) in [5.74, 6) is 2.34. The summed E-state index contributed by atoms with van der Waals surface area (Å²) in [5.41, 5.74) is 6.94. The summed E-state index contributed by atoms with van der Waals surface area (Å²) >= 11 is 0. The molecular weight excluding hydrogens is 318 g/mol. The summed E-state index contributed by atoms with van der Waals surface area (Å²) in [5, 5.41) is 0.765. The summed E-state index contributed by atoms with van der Waals surface area (Å²) in [4.78, 5) is 13.7. The molecule has 25 heavy (non-hydrogen) atoms. The molecular formula is C18H29N5O2. The highest BCUT2D eigenvalue weighted by Gasteiger charge is 2.15. The van der Waals surface area contributed by atoms with Crippen LogP contribution in [0, 0.1) is 0 Å². The lowest BCUT2D eigenvalue weighted by atomic mass is 10.2. The molecule has 0 aliphatic rings. The van der Waals surface area contributed by atoms with Crippen molar-refractivity contribution in [1.29, 1.82) is 0 Å². The van der Waals surface area contributed by atoms with Crippen LogP contribution in [-0.2, 0) is 0 Å². The molecule has 0 aliphatic carbocycles. The zero-order chi connectivity index (χ0) is 18.4. The zero-order valence-corrected chi connectivity index (χ0v) is 15.9. The van der Waals surface area contributed by atoms with Crippen molar-refractivity contribution in [1.82, 2.24) is 14.9 Å². The molecule has 0 radical (unpaired) electrons. The topological polar surface area (TPSA) is 76.7 Å². The molecule has 1 aromatic heterocycles. The third kappa shape index (κ3) is 4.22. The molecule has 1 aromatic carbocycles. The van der Waals surface area contributed by atoms with Gasteiger partial charge in [0.05, 0.1) is 19.7 Å². The molecule has 0 spiro atoms. The van der Waals surface area contributed by atoms with E-state index in [0.717, 1.165) is 43.6 Å². The number of anilines is 2. The zero-order valence-electron chi connectivity index (χ0n) is 15.9. The van der Waals surface area contributed by atoms with E-state index < -0.39 is 0 Å². The first-order chi connectivity index (χ1) is 12.1. The van der Waals surface area contributed by atoms with E-state index in [9.17, 15) is 0 Å². The van der Waals surface area contributed by atoms with Crippen LogP contribution in [-0.4, -0.2) is 61.8 Å². The van der Waals surface area contributed by atoms with Gasteiger partial charge in [-0.1, -0.05) is 13.8 Å². The number of hydrogen-bond acceptors (Lipinski definition) is 7. The van der Waals surface area contributed by atoms with Crippen molar-refractivity contribution >= 4 is 22.7 Å². The predicted molar refractivity (Wildman–Crippen MR) is 103 cm³/mol. The Kier molecular flexibility index (Phi) is 6.64. The molecule has 0 bridgehead atoms. The molecule has 0 amide bonds. The molecule has 2 aromatic rings. The average Bonchev–Trinajstić information content (AvgIpc) is 2.64. The van der Waals surface area contributed by atoms with E-state index in [2.05, 4.69) is 35.6 Å². The fraction of sp³-hybridized carbons (Fsp3) is 0.556. The Hall–Kier alpha value is -2.28. The Balaban J connectivity index is 2.37. The third-order valence-corrected chi connectivity index (χ3v) is 4.46. The smallest absolute Gasteiger partial charge is 0.227 e. The summed E-state index contributed by atoms with van der Waals surface area (Å²) in [6, 6.07) is 3.66. The standard InChI is InChI=1S/C18H29N5O2/c1-6-22(7-2)9-10-23(8-3)18-20-14-12-16(25-5)15(24-4)11-13(14)17(19)21-18/h11-12H,6-10H2,1-5H3,(H2,19,20,21). The Labute approximate surface area is 149 Å². The molecule has 7 heteroatoms. The van der Waals surface area contributed by atoms with Crippen LogP contribution >= 0.6 is 0 Å². The van der Waals surface area contributed by atoms with E-state index in [-0.39, 0.29) is 0 Å². The van der Waals surface area contributed by atoms with Crippen LogP contribution < -0.4 is 20.1 Å². The maximum Gasteiger partial charge on any atom is 0.227 e. The highest BCUT2D eigenvalue weighted by molar-refractivity contribution is 5.91. The first-order valence-corrected chi connectivity index (χ1v) is 8.74. The van der Waals surface area contributed by atoms with Gasteiger partial charge in [0.2, 0.25) is 5.95 Å². The third-order valence-electron chi connectivity index (χ3n) is 4.46. The van der Waals surface area contributed by atoms with E-state index in [0.29, 0.717) is 23.3 Å². The first kappa shape index (κ1) is 19.1. The minimum atomic E-state index is 0.447. The second-order valence-electron chi connectivity index (χ2n) is 5.74. The number of hydrogen-bond donors (Lipinski definition) is 1. The van der Waals surface area contributed by atoms with Gasteiger partial charge in [-0.25, -0.2) is 4.98 Å². The van der Waals surface area contributed by atoms with Crippen molar-refractivity contribution in [2.45, 2.75) is 20.8 Å². The van der Waals surface area contributed by atoms with Crippen LogP contribution in [0.4, 0.5) is 11.8 Å². The number of nitrogen functional groups attached to an aromatic ring is 1. The maximum atomic E-state index is 6.19. The monoisotopic (exact) mass is 347 g/mol. The maximum absolute atomic E-state index is 6.19. The van der Waals surface area contributed by atoms with Gasteiger partial charge < -0.3 is 25.0 Å². The minimum absolute atomic E-state index is 0.447. The lowest BCUT2D eigenvalue weighted by molar-refractivity contribution is 0.309. The van der Waals surface area contributed by atoms with Crippen LogP contribution in [0.25, 0.3) is 10.9 Å². The molecule has 0 fully saturated rings.